The summed E-state index contributed by atoms with van der Waals surface area (Å²) in [5.74, 6) is 0.654. The van der Waals surface area contributed by atoms with Gasteiger partial charge in [0.15, 0.2) is 0 Å². The van der Waals surface area contributed by atoms with Gasteiger partial charge < -0.3 is 15.0 Å². The van der Waals surface area contributed by atoms with Crippen molar-refractivity contribution in [1.29, 1.82) is 0 Å². The number of aromatic nitrogens is 1. The molecule has 0 saturated carbocycles. The zero-order valence-electron chi connectivity index (χ0n) is 14.0. The minimum atomic E-state index is -0.170. The summed E-state index contributed by atoms with van der Waals surface area (Å²) in [5.41, 5.74) is 1.83. The number of thiazole rings is 1. The van der Waals surface area contributed by atoms with Gasteiger partial charge in [0.2, 0.25) is 0 Å². The largest absolute Gasteiger partial charge is 0.496 e. The number of halogens is 1. The summed E-state index contributed by atoms with van der Waals surface area (Å²) in [5, 5.41) is 4.39. The molecule has 1 N–H and O–H groups in total. The number of hydrogen-bond donors (Lipinski definition) is 1. The molecule has 0 saturated heterocycles. The predicted molar refractivity (Wildman–Crippen MR) is 101 cm³/mol. The van der Waals surface area contributed by atoms with E-state index in [1.807, 2.05) is 30.3 Å². The van der Waals surface area contributed by atoms with Gasteiger partial charge >= 0.3 is 6.03 Å². The van der Waals surface area contributed by atoms with E-state index < -0.39 is 0 Å². The van der Waals surface area contributed by atoms with Crippen molar-refractivity contribution in [3.63, 3.8) is 0 Å². The number of hydrogen-bond acceptors (Lipinski definition) is 4. The van der Waals surface area contributed by atoms with Crippen LogP contribution in [0.15, 0.2) is 42.5 Å². The van der Waals surface area contributed by atoms with Crippen molar-refractivity contribution in [2.75, 3.05) is 14.2 Å². The first kappa shape index (κ1) is 17.5. The molecule has 0 aliphatic heterocycles. The Labute approximate surface area is 155 Å². The molecule has 0 aliphatic rings. The van der Waals surface area contributed by atoms with Crippen LogP contribution in [0.4, 0.5) is 4.79 Å². The third-order valence-corrected chi connectivity index (χ3v) is 4.99. The van der Waals surface area contributed by atoms with Crippen LogP contribution in [0.2, 0.25) is 5.02 Å². The van der Waals surface area contributed by atoms with Crippen molar-refractivity contribution in [3.8, 4) is 5.75 Å². The molecule has 0 aliphatic carbocycles. The highest BCUT2D eigenvalue weighted by atomic mass is 35.5. The maximum Gasteiger partial charge on any atom is 0.317 e. The van der Waals surface area contributed by atoms with E-state index in [9.17, 15) is 4.79 Å². The summed E-state index contributed by atoms with van der Waals surface area (Å²) in [6, 6.07) is 13.1. The van der Waals surface area contributed by atoms with Crippen LogP contribution in [0, 0.1) is 0 Å². The van der Waals surface area contributed by atoms with Crippen LogP contribution in [0.1, 0.15) is 10.6 Å². The molecule has 25 heavy (non-hydrogen) atoms. The van der Waals surface area contributed by atoms with Gasteiger partial charge in [0.1, 0.15) is 10.8 Å². The van der Waals surface area contributed by atoms with E-state index in [0.717, 1.165) is 20.8 Å². The van der Waals surface area contributed by atoms with Gasteiger partial charge in [-0.3, -0.25) is 0 Å². The molecule has 2 amide bonds. The summed E-state index contributed by atoms with van der Waals surface area (Å²) >= 11 is 7.55. The van der Waals surface area contributed by atoms with Crippen LogP contribution in [-0.4, -0.2) is 30.1 Å². The number of para-hydroxylation sites is 1. The number of methoxy groups -OCH3 is 1. The zero-order valence-corrected chi connectivity index (χ0v) is 15.5. The molecule has 5 nitrogen and oxygen atoms in total. The van der Waals surface area contributed by atoms with Gasteiger partial charge in [-0.25, -0.2) is 9.78 Å². The number of fused-ring (bicyclic) bond motifs is 1. The average molecular weight is 376 g/mol. The number of rotatable bonds is 5. The minimum absolute atomic E-state index is 0.170. The lowest BCUT2D eigenvalue weighted by atomic mass is 10.2. The van der Waals surface area contributed by atoms with E-state index in [1.54, 1.807) is 42.5 Å². The molecule has 3 rings (SSSR count). The highest BCUT2D eigenvalue weighted by molar-refractivity contribution is 7.18. The third-order valence-electron chi connectivity index (χ3n) is 3.74. The maximum atomic E-state index is 12.3. The number of ether oxygens (including phenoxy) is 1. The molecule has 0 spiro atoms. The Morgan fingerprint density at radius 3 is 2.88 bits per heavy atom. The molecule has 2 aromatic carbocycles. The van der Waals surface area contributed by atoms with Gasteiger partial charge in [0.25, 0.3) is 0 Å². The molecule has 1 aromatic heterocycles. The van der Waals surface area contributed by atoms with Crippen molar-refractivity contribution in [3.05, 3.63) is 58.1 Å². The number of carbonyl (C=O) groups is 1. The van der Waals surface area contributed by atoms with Crippen molar-refractivity contribution < 1.29 is 9.53 Å². The fraction of sp³-hybridized carbons (Fsp3) is 0.222. The van der Waals surface area contributed by atoms with E-state index in [-0.39, 0.29) is 6.03 Å². The van der Waals surface area contributed by atoms with Crippen LogP contribution in [0.3, 0.4) is 0 Å². The molecular weight excluding hydrogens is 358 g/mol. The van der Waals surface area contributed by atoms with Gasteiger partial charge in [0.05, 0.1) is 23.9 Å². The smallest absolute Gasteiger partial charge is 0.317 e. The van der Waals surface area contributed by atoms with Crippen molar-refractivity contribution in [1.82, 2.24) is 15.2 Å². The summed E-state index contributed by atoms with van der Waals surface area (Å²) in [4.78, 5) is 18.5. The molecule has 7 heteroatoms. The molecule has 0 fully saturated rings. The first-order valence-corrected chi connectivity index (χ1v) is 8.92. The number of amides is 2. The van der Waals surface area contributed by atoms with Gasteiger partial charge in [-0.15, -0.1) is 11.3 Å². The monoisotopic (exact) mass is 375 g/mol. The average Bonchev–Trinajstić information content (AvgIpc) is 3.02. The van der Waals surface area contributed by atoms with Crippen LogP contribution < -0.4 is 10.1 Å². The molecule has 3 aromatic rings. The number of carbonyl (C=O) groups excluding carboxylic acids is 1. The van der Waals surface area contributed by atoms with E-state index in [1.165, 1.54) is 0 Å². The molecule has 0 unspecified atom stereocenters. The standard InChI is InChI=1S/C18H18ClN3O2S/c1-22(11-17-21-14-5-3-4-6-16(14)25-17)18(23)20-10-12-7-8-13(19)9-15(12)24-2/h3-9H,10-11H2,1-2H3,(H,20,23). The molecule has 0 radical (unpaired) electrons. The second-order valence-corrected chi connectivity index (χ2v) is 7.10. The Bertz CT molecular complexity index is 864. The van der Waals surface area contributed by atoms with Gasteiger partial charge in [-0.05, 0) is 24.3 Å². The Balaban J connectivity index is 1.61. The van der Waals surface area contributed by atoms with E-state index in [2.05, 4.69) is 10.3 Å². The lowest BCUT2D eigenvalue weighted by Gasteiger charge is -2.17. The molecule has 0 bridgehead atoms. The Morgan fingerprint density at radius 2 is 2.12 bits per heavy atom. The summed E-state index contributed by atoms with van der Waals surface area (Å²) in [6.45, 7) is 0.826. The van der Waals surface area contributed by atoms with E-state index in [0.29, 0.717) is 23.9 Å². The van der Waals surface area contributed by atoms with E-state index >= 15 is 0 Å². The summed E-state index contributed by atoms with van der Waals surface area (Å²) < 4.78 is 6.41. The number of nitrogens with one attached hydrogen (secondary N) is 1. The summed E-state index contributed by atoms with van der Waals surface area (Å²) in [7, 11) is 3.33. The fourth-order valence-electron chi connectivity index (χ4n) is 2.43. The number of nitrogens with zero attached hydrogens (tertiary/aromatic N) is 2. The van der Waals surface area contributed by atoms with Gasteiger partial charge in [0, 0.05) is 24.2 Å². The lowest BCUT2D eigenvalue weighted by molar-refractivity contribution is 0.206. The minimum Gasteiger partial charge on any atom is -0.496 e. The fourth-order valence-corrected chi connectivity index (χ4v) is 3.62. The second-order valence-electron chi connectivity index (χ2n) is 5.55. The third kappa shape index (κ3) is 4.21. The first-order valence-electron chi connectivity index (χ1n) is 7.72. The maximum absolute atomic E-state index is 12.3. The van der Waals surface area contributed by atoms with E-state index in [4.69, 9.17) is 16.3 Å². The highest BCUT2D eigenvalue weighted by Gasteiger charge is 2.13. The zero-order chi connectivity index (χ0) is 17.8. The normalized spacial score (nSPS) is 10.7. The van der Waals surface area contributed by atoms with Gasteiger partial charge in [-0.2, -0.15) is 0 Å². The number of benzene rings is 2. The molecular formula is C18H18ClN3O2S. The van der Waals surface area contributed by atoms with Crippen LogP contribution in [0.5, 0.6) is 5.75 Å². The lowest BCUT2D eigenvalue weighted by Crippen LogP contribution is -2.36. The highest BCUT2D eigenvalue weighted by Crippen LogP contribution is 2.24. The predicted octanol–water partition coefficient (Wildman–Crippen LogP) is 4.30. The first-order chi connectivity index (χ1) is 12.1. The topological polar surface area (TPSA) is 54.5 Å². The number of urea groups is 1. The molecule has 1 heterocycles. The molecule has 0 atom stereocenters. The van der Waals surface area contributed by atoms with Crippen LogP contribution in [0.25, 0.3) is 10.2 Å². The molecule has 130 valence electrons. The van der Waals surface area contributed by atoms with Crippen LogP contribution in [-0.2, 0) is 13.1 Å². The SMILES string of the molecule is COc1cc(Cl)ccc1CNC(=O)N(C)Cc1nc2ccccc2s1. The van der Waals surface area contributed by atoms with Crippen LogP contribution >= 0.6 is 22.9 Å². The summed E-state index contributed by atoms with van der Waals surface area (Å²) in [6.07, 6.45) is 0. The second kappa shape index (κ2) is 7.72. The van der Waals surface area contributed by atoms with Crippen molar-refractivity contribution in [2.45, 2.75) is 13.1 Å². The Kier molecular flexibility index (Phi) is 5.40. The Morgan fingerprint density at radius 1 is 1.32 bits per heavy atom. The Hall–Kier alpha value is -2.31. The van der Waals surface area contributed by atoms with Crippen molar-refractivity contribution in [2.24, 2.45) is 0 Å². The van der Waals surface area contributed by atoms with Gasteiger partial charge in [-0.1, -0.05) is 29.8 Å². The quantitative estimate of drug-likeness (QED) is 0.723. The van der Waals surface area contributed by atoms with Crippen molar-refractivity contribution >= 4 is 39.2 Å².